The number of benzene rings is 1. The third kappa shape index (κ3) is 1.66. The van der Waals surface area contributed by atoms with E-state index >= 15 is 0 Å². The van der Waals surface area contributed by atoms with Crippen molar-refractivity contribution < 1.29 is 9.59 Å². The molecule has 2 aliphatic rings. The van der Waals surface area contributed by atoms with Crippen molar-refractivity contribution in [1.82, 2.24) is 0 Å². The highest BCUT2D eigenvalue weighted by atomic mass is 79.9. The molecule has 2 aliphatic heterocycles. The molecule has 0 radical (unpaired) electrons. The van der Waals surface area contributed by atoms with E-state index in [4.69, 9.17) is 11.6 Å². The predicted octanol–water partition coefficient (Wildman–Crippen LogP) is 2.73. The number of fused-ring (bicyclic) bond motifs is 1. The fourth-order valence-corrected chi connectivity index (χ4v) is 3.07. The van der Waals surface area contributed by atoms with Crippen LogP contribution in [0.25, 0.3) is 0 Å². The quantitative estimate of drug-likeness (QED) is 0.447. The number of hydrogen-bond acceptors (Lipinski definition) is 4. The van der Waals surface area contributed by atoms with Crippen LogP contribution in [0.15, 0.2) is 39.0 Å². The van der Waals surface area contributed by atoms with Gasteiger partial charge in [0.15, 0.2) is 11.0 Å². The Hall–Kier alpha value is -1.27. The molecule has 0 N–H and O–H groups in total. The Balaban J connectivity index is 2.05. The smallest absolute Gasteiger partial charge is 0.264 e. The van der Waals surface area contributed by atoms with Crippen molar-refractivity contribution in [3.8, 4) is 0 Å². The SMILES string of the molecule is CC12N=NC(Cl)C1C(=O)N(c1ccc(Br)cc1)C2=O. The van der Waals surface area contributed by atoms with Crippen LogP contribution in [-0.4, -0.2) is 22.9 Å². The fourth-order valence-electron chi connectivity index (χ4n) is 2.41. The largest absolute Gasteiger partial charge is 0.273 e. The second-order valence-electron chi connectivity index (χ2n) is 4.67. The molecule has 98 valence electrons. The number of rotatable bonds is 1. The van der Waals surface area contributed by atoms with E-state index in [2.05, 4.69) is 26.2 Å². The highest BCUT2D eigenvalue weighted by Crippen LogP contribution is 2.44. The van der Waals surface area contributed by atoms with Crippen LogP contribution in [0.2, 0.25) is 0 Å². The van der Waals surface area contributed by atoms with Gasteiger partial charge in [-0.15, -0.1) is 0 Å². The van der Waals surface area contributed by atoms with Gasteiger partial charge < -0.3 is 0 Å². The lowest BCUT2D eigenvalue weighted by atomic mass is 9.90. The van der Waals surface area contributed by atoms with E-state index in [1.54, 1.807) is 31.2 Å². The zero-order valence-electron chi connectivity index (χ0n) is 9.88. The molecule has 0 aliphatic carbocycles. The number of imide groups is 1. The third-order valence-corrected chi connectivity index (χ3v) is 4.33. The minimum atomic E-state index is -1.17. The van der Waals surface area contributed by atoms with Crippen LogP contribution in [0.4, 0.5) is 5.69 Å². The molecule has 1 aromatic rings. The Labute approximate surface area is 122 Å². The van der Waals surface area contributed by atoms with Gasteiger partial charge in [-0.05, 0) is 31.2 Å². The number of carbonyl (C=O) groups excluding carboxylic acids is 2. The van der Waals surface area contributed by atoms with Gasteiger partial charge in [0, 0.05) is 4.47 Å². The number of hydrogen-bond donors (Lipinski definition) is 0. The highest BCUT2D eigenvalue weighted by Gasteiger charge is 2.63. The lowest BCUT2D eigenvalue weighted by Crippen LogP contribution is -2.37. The van der Waals surface area contributed by atoms with Gasteiger partial charge in [0.1, 0.15) is 5.92 Å². The van der Waals surface area contributed by atoms with Gasteiger partial charge in [-0.3, -0.25) is 9.59 Å². The standard InChI is InChI=1S/C12H9BrClN3O2/c1-12-8(9(14)15-16-12)10(18)17(11(12)19)7-4-2-6(13)3-5-7/h2-5,8-9H,1H3. The van der Waals surface area contributed by atoms with Crippen molar-refractivity contribution in [3.05, 3.63) is 28.7 Å². The molecule has 1 fully saturated rings. The average molecular weight is 343 g/mol. The van der Waals surface area contributed by atoms with Crippen molar-refractivity contribution in [2.75, 3.05) is 4.90 Å². The van der Waals surface area contributed by atoms with Gasteiger partial charge >= 0.3 is 0 Å². The lowest BCUT2D eigenvalue weighted by molar-refractivity contribution is -0.122. The van der Waals surface area contributed by atoms with Crippen molar-refractivity contribution in [3.63, 3.8) is 0 Å². The normalized spacial score (nSPS) is 33.1. The van der Waals surface area contributed by atoms with Gasteiger partial charge in [0.05, 0.1) is 5.69 Å². The molecule has 0 bridgehead atoms. The zero-order valence-corrected chi connectivity index (χ0v) is 12.2. The van der Waals surface area contributed by atoms with E-state index in [-0.39, 0.29) is 11.8 Å². The van der Waals surface area contributed by atoms with Gasteiger partial charge in [0.25, 0.3) is 5.91 Å². The molecular weight excluding hydrogens is 334 g/mol. The second kappa shape index (κ2) is 4.11. The summed E-state index contributed by atoms with van der Waals surface area (Å²) in [7, 11) is 0. The van der Waals surface area contributed by atoms with E-state index < -0.39 is 17.0 Å². The number of anilines is 1. The fraction of sp³-hybridized carbons (Fsp3) is 0.333. The zero-order chi connectivity index (χ0) is 13.8. The average Bonchev–Trinajstić information content (AvgIpc) is 2.78. The molecule has 3 atom stereocenters. The Morgan fingerprint density at radius 2 is 1.95 bits per heavy atom. The second-order valence-corrected chi connectivity index (χ2v) is 6.03. The van der Waals surface area contributed by atoms with Crippen LogP contribution >= 0.6 is 27.5 Å². The molecule has 3 unspecified atom stereocenters. The maximum Gasteiger partial charge on any atom is 0.264 e. The molecule has 7 heteroatoms. The van der Waals surface area contributed by atoms with E-state index in [1.165, 1.54) is 0 Å². The molecule has 1 saturated heterocycles. The molecule has 0 aromatic heterocycles. The molecule has 0 spiro atoms. The van der Waals surface area contributed by atoms with Crippen molar-refractivity contribution >= 4 is 45.0 Å². The van der Waals surface area contributed by atoms with E-state index in [1.807, 2.05) is 0 Å². The van der Waals surface area contributed by atoms with Crippen LogP contribution < -0.4 is 4.90 Å². The predicted molar refractivity (Wildman–Crippen MR) is 73.0 cm³/mol. The van der Waals surface area contributed by atoms with Gasteiger partial charge in [-0.2, -0.15) is 10.2 Å². The summed E-state index contributed by atoms with van der Waals surface area (Å²) in [5.41, 5.74) is -1.42. The monoisotopic (exact) mass is 341 g/mol. The molecule has 2 amide bonds. The van der Waals surface area contributed by atoms with Crippen LogP contribution in [0, 0.1) is 5.92 Å². The van der Waals surface area contributed by atoms with Crippen molar-refractivity contribution in [2.45, 2.75) is 18.0 Å². The Morgan fingerprint density at radius 1 is 1.32 bits per heavy atom. The van der Waals surface area contributed by atoms with E-state index in [9.17, 15) is 9.59 Å². The number of azo groups is 1. The minimum Gasteiger partial charge on any atom is -0.273 e. The number of carbonyl (C=O) groups is 2. The Bertz CT molecular complexity index is 603. The molecule has 1 aromatic carbocycles. The number of halogens is 2. The van der Waals surface area contributed by atoms with Crippen molar-refractivity contribution in [1.29, 1.82) is 0 Å². The summed E-state index contributed by atoms with van der Waals surface area (Å²) >= 11 is 9.28. The number of nitrogens with zero attached hydrogens (tertiary/aromatic N) is 3. The van der Waals surface area contributed by atoms with Crippen LogP contribution in [-0.2, 0) is 9.59 Å². The number of alkyl halides is 1. The first kappa shape index (κ1) is 12.7. The third-order valence-electron chi connectivity index (χ3n) is 3.46. The van der Waals surface area contributed by atoms with Crippen molar-refractivity contribution in [2.24, 2.45) is 16.1 Å². The van der Waals surface area contributed by atoms with Gasteiger partial charge in [-0.1, -0.05) is 27.5 Å². The molecule has 19 heavy (non-hydrogen) atoms. The summed E-state index contributed by atoms with van der Waals surface area (Å²) in [5.74, 6) is -1.44. The molecule has 0 saturated carbocycles. The minimum absolute atomic E-state index is 0.347. The molecular formula is C12H9BrClN3O2. The summed E-state index contributed by atoms with van der Waals surface area (Å²) in [4.78, 5) is 26.0. The Kier molecular flexibility index (Phi) is 2.76. The van der Waals surface area contributed by atoms with Crippen LogP contribution in [0.3, 0.4) is 0 Å². The summed E-state index contributed by atoms with van der Waals surface area (Å²) in [6, 6.07) is 6.94. The van der Waals surface area contributed by atoms with Crippen LogP contribution in [0.5, 0.6) is 0 Å². The van der Waals surface area contributed by atoms with E-state index in [0.29, 0.717) is 5.69 Å². The van der Waals surface area contributed by atoms with Gasteiger partial charge in [0.2, 0.25) is 5.91 Å². The molecule has 2 heterocycles. The summed E-state index contributed by atoms with van der Waals surface area (Å²) in [6.07, 6.45) is 0. The number of amides is 2. The first-order valence-electron chi connectivity index (χ1n) is 5.65. The summed E-state index contributed by atoms with van der Waals surface area (Å²) < 4.78 is 0.872. The first-order valence-corrected chi connectivity index (χ1v) is 6.88. The topological polar surface area (TPSA) is 62.1 Å². The van der Waals surface area contributed by atoms with E-state index in [0.717, 1.165) is 9.37 Å². The first-order chi connectivity index (χ1) is 8.95. The molecule has 3 rings (SSSR count). The van der Waals surface area contributed by atoms with Crippen LogP contribution in [0.1, 0.15) is 6.92 Å². The van der Waals surface area contributed by atoms with Gasteiger partial charge in [-0.25, -0.2) is 4.90 Å². The summed E-state index contributed by atoms with van der Waals surface area (Å²) in [5, 5.41) is 7.66. The highest BCUT2D eigenvalue weighted by molar-refractivity contribution is 9.10. The lowest BCUT2D eigenvalue weighted by Gasteiger charge is -2.16. The summed E-state index contributed by atoms with van der Waals surface area (Å²) in [6.45, 7) is 1.60. The molecule has 5 nitrogen and oxygen atoms in total. The maximum absolute atomic E-state index is 12.4. The maximum atomic E-state index is 12.4. The Morgan fingerprint density at radius 3 is 2.53 bits per heavy atom.